The van der Waals surface area contributed by atoms with Gasteiger partial charge < -0.3 is 15.7 Å². The molecule has 0 saturated carbocycles. The van der Waals surface area contributed by atoms with Gasteiger partial charge in [0, 0.05) is 43.5 Å². The first-order valence-electron chi connectivity index (χ1n) is 8.92. The summed E-state index contributed by atoms with van der Waals surface area (Å²) in [6.45, 7) is 1.02. The van der Waals surface area contributed by atoms with E-state index in [1.165, 1.54) is 4.31 Å². The van der Waals surface area contributed by atoms with Crippen molar-refractivity contribution in [3.8, 4) is 0 Å². The lowest BCUT2D eigenvalue weighted by Gasteiger charge is -2.47. The van der Waals surface area contributed by atoms with Crippen molar-refractivity contribution in [1.82, 2.24) is 14.9 Å². The van der Waals surface area contributed by atoms with Crippen LogP contribution in [0, 0.1) is 11.3 Å². The van der Waals surface area contributed by atoms with Crippen molar-refractivity contribution in [2.75, 3.05) is 32.4 Å². The number of halogens is 1. The van der Waals surface area contributed by atoms with Crippen LogP contribution in [-0.4, -0.2) is 68.6 Å². The van der Waals surface area contributed by atoms with Gasteiger partial charge in [-0.05, 0) is 24.1 Å². The largest absolute Gasteiger partial charge is 0.483 e. The number of nitrogens with one attached hydrogen (secondary N) is 2. The summed E-state index contributed by atoms with van der Waals surface area (Å²) in [5.74, 6) is -0.108. The van der Waals surface area contributed by atoms with E-state index in [1.54, 1.807) is 12.1 Å². The van der Waals surface area contributed by atoms with Crippen molar-refractivity contribution in [2.45, 2.75) is 12.8 Å². The van der Waals surface area contributed by atoms with E-state index in [4.69, 9.17) is 21.5 Å². The normalized spacial score (nSPS) is 20.6. The van der Waals surface area contributed by atoms with Crippen molar-refractivity contribution in [2.24, 2.45) is 11.3 Å². The monoisotopic (exact) mass is 445 g/mol. The van der Waals surface area contributed by atoms with Gasteiger partial charge in [-0.3, -0.25) is 14.4 Å². The Labute approximate surface area is 174 Å². The van der Waals surface area contributed by atoms with E-state index in [-0.39, 0.29) is 37.3 Å². The number of carboxylic acid groups (broad SMARTS) is 1. The predicted molar refractivity (Wildman–Crippen MR) is 107 cm³/mol. The highest BCUT2D eigenvalue weighted by molar-refractivity contribution is 7.88. The molecule has 0 aliphatic carbocycles. The summed E-state index contributed by atoms with van der Waals surface area (Å²) in [4.78, 5) is 32.5. The van der Waals surface area contributed by atoms with Crippen LogP contribution in [0.5, 0.6) is 0 Å². The molecule has 2 aliphatic rings. The Morgan fingerprint density at radius 1 is 1.38 bits per heavy atom. The van der Waals surface area contributed by atoms with Crippen LogP contribution in [0.4, 0.5) is 0 Å². The van der Waals surface area contributed by atoms with Crippen LogP contribution in [0.25, 0.3) is 0 Å². The number of benzene rings is 1. The lowest BCUT2D eigenvalue weighted by molar-refractivity contribution is -0.137. The van der Waals surface area contributed by atoms with Gasteiger partial charge in [-0.25, -0.2) is 8.42 Å². The van der Waals surface area contributed by atoms with Crippen LogP contribution in [0.2, 0.25) is 5.02 Å². The molecule has 2 fully saturated rings. The molecule has 2 heterocycles. The SMILES string of the molecule is CS(=O)(=O)N1CC(Cc2ccc(Cl)cc2)(C(=O)NCC2CNC(=O)C2)C1.O=CO. The third kappa shape index (κ3) is 6.15. The van der Waals surface area contributed by atoms with Crippen LogP contribution in [0.15, 0.2) is 24.3 Å². The molecule has 2 aliphatic heterocycles. The lowest BCUT2D eigenvalue weighted by atomic mass is 9.75. The summed E-state index contributed by atoms with van der Waals surface area (Å²) in [5.41, 5.74) is 0.128. The summed E-state index contributed by atoms with van der Waals surface area (Å²) in [6, 6.07) is 7.21. The smallest absolute Gasteiger partial charge is 0.290 e. The fourth-order valence-corrected chi connectivity index (χ4v) is 4.51. The number of carbonyl (C=O) groups excluding carboxylic acids is 2. The van der Waals surface area contributed by atoms with E-state index in [2.05, 4.69) is 10.6 Å². The van der Waals surface area contributed by atoms with E-state index in [1.807, 2.05) is 12.1 Å². The van der Waals surface area contributed by atoms with Crippen molar-refractivity contribution >= 4 is 39.9 Å². The minimum absolute atomic E-state index is 0.00739. The van der Waals surface area contributed by atoms with Gasteiger partial charge in [0.05, 0.1) is 11.7 Å². The summed E-state index contributed by atoms with van der Waals surface area (Å²) in [7, 11) is -3.33. The summed E-state index contributed by atoms with van der Waals surface area (Å²) < 4.78 is 24.8. The molecule has 1 aromatic rings. The van der Waals surface area contributed by atoms with Crippen molar-refractivity contribution in [3.05, 3.63) is 34.9 Å². The highest BCUT2D eigenvalue weighted by Gasteiger charge is 2.52. The molecular weight excluding hydrogens is 422 g/mol. The number of sulfonamides is 1. The molecule has 9 nitrogen and oxygen atoms in total. The quantitative estimate of drug-likeness (QED) is 0.532. The standard InChI is InChI=1S/C17H22ClN3O4S.CH2O2/c1-26(24,25)21-10-17(11-21,7-12-2-4-14(18)5-3-12)16(23)20-9-13-6-15(22)19-8-13;2-1-3/h2-5,13H,6-11H2,1H3,(H,19,22)(H,20,23);1H,(H,2,3). The zero-order valence-corrected chi connectivity index (χ0v) is 17.5. The minimum atomic E-state index is -3.33. The molecule has 0 bridgehead atoms. The average molecular weight is 446 g/mol. The summed E-state index contributed by atoms with van der Waals surface area (Å²) in [5, 5.41) is 13.2. The van der Waals surface area contributed by atoms with Gasteiger partial charge in [0.25, 0.3) is 6.47 Å². The maximum atomic E-state index is 12.9. The first-order valence-corrected chi connectivity index (χ1v) is 11.1. The van der Waals surface area contributed by atoms with Crippen LogP contribution < -0.4 is 10.6 Å². The molecule has 0 aromatic heterocycles. The molecule has 1 unspecified atom stereocenters. The third-order valence-corrected chi connectivity index (χ3v) is 6.43. The maximum Gasteiger partial charge on any atom is 0.290 e. The molecule has 3 N–H and O–H groups in total. The summed E-state index contributed by atoms with van der Waals surface area (Å²) >= 11 is 5.91. The Morgan fingerprint density at radius 2 is 1.97 bits per heavy atom. The second kappa shape index (κ2) is 9.55. The molecule has 160 valence electrons. The molecule has 29 heavy (non-hydrogen) atoms. The van der Waals surface area contributed by atoms with Crippen LogP contribution in [-0.2, 0) is 30.8 Å². The predicted octanol–water partition coefficient (Wildman–Crippen LogP) is 0.0972. The molecule has 1 atom stereocenters. The van der Waals surface area contributed by atoms with Gasteiger partial charge in [0.1, 0.15) is 0 Å². The first kappa shape index (κ1) is 23.1. The minimum Gasteiger partial charge on any atom is -0.483 e. The third-order valence-electron chi connectivity index (χ3n) is 4.98. The lowest BCUT2D eigenvalue weighted by Crippen LogP contribution is -2.65. The van der Waals surface area contributed by atoms with E-state index >= 15 is 0 Å². The molecule has 1 aromatic carbocycles. The fraction of sp³-hybridized carbons (Fsp3) is 0.500. The van der Waals surface area contributed by atoms with Crippen molar-refractivity contribution in [1.29, 1.82) is 0 Å². The molecule has 3 rings (SSSR count). The Hall–Kier alpha value is -2.17. The highest BCUT2D eigenvalue weighted by atomic mass is 35.5. The van der Waals surface area contributed by atoms with E-state index in [0.717, 1.165) is 11.8 Å². The van der Waals surface area contributed by atoms with Gasteiger partial charge in [0.2, 0.25) is 21.8 Å². The summed E-state index contributed by atoms with van der Waals surface area (Å²) in [6.07, 6.45) is 1.98. The number of carbonyl (C=O) groups is 3. The van der Waals surface area contributed by atoms with E-state index in [0.29, 0.717) is 31.0 Å². The number of rotatable bonds is 6. The molecule has 2 saturated heterocycles. The number of nitrogens with zero attached hydrogens (tertiary/aromatic N) is 1. The number of hydrogen-bond acceptors (Lipinski definition) is 5. The van der Waals surface area contributed by atoms with Gasteiger partial charge in [-0.1, -0.05) is 23.7 Å². The van der Waals surface area contributed by atoms with Gasteiger partial charge in [-0.15, -0.1) is 0 Å². The molecule has 0 spiro atoms. The molecule has 2 amide bonds. The van der Waals surface area contributed by atoms with Crippen molar-refractivity contribution < 1.29 is 27.9 Å². The zero-order valence-electron chi connectivity index (χ0n) is 15.9. The van der Waals surface area contributed by atoms with Gasteiger partial charge >= 0.3 is 0 Å². The maximum absolute atomic E-state index is 12.9. The number of amides is 2. The topological polar surface area (TPSA) is 133 Å². The molecule has 11 heteroatoms. The first-order chi connectivity index (χ1) is 13.6. The van der Waals surface area contributed by atoms with Crippen LogP contribution in [0.1, 0.15) is 12.0 Å². The van der Waals surface area contributed by atoms with Gasteiger partial charge in [0.15, 0.2) is 0 Å². The van der Waals surface area contributed by atoms with Crippen LogP contribution >= 0.6 is 11.6 Å². The zero-order chi connectivity index (χ0) is 21.7. The highest BCUT2D eigenvalue weighted by Crippen LogP contribution is 2.36. The Bertz CT molecular complexity index is 853. The number of hydrogen-bond donors (Lipinski definition) is 3. The Balaban J connectivity index is 0.000000941. The Kier molecular flexibility index (Phi) is 7.61. The van der Waals surface area contributed by atoms with Crippen LogP contribution in [0.3, 0.4) is 0 Å². The fourth-order valence-electron chi connectivity index (χ4n) is 3.43. The van der Waals surface area contributed by atoms with E-state index < -0.39 is 15.4 Å². The van der Waals surface area contributed by atoms with Crippen molar-refractivity contribution in [3.63, 3.8) is 0 Å². The van der Waals surface area contributed by atoms with Gasteiger partial charge in [-0.2, -0.15) is 4.31 Å². The Morgan fingerprint density at radius 3 is 2.45 bits per heavy atom. The second-order valence-electron chi connectivity index (χ2n) is 7.30. The average Bonchev–Trinajstić information content (AvgIpc) is 3.02. The second-order valence-corrected chi connectivity index (χ2v) is 9.72. The van der Waals surface area contributed by atoms with E-state index in [9.17, 15) is 18.0 Å². The molecule has 0 radical (unpaired) electrons. The molecular formula is C18H24ClN3O6S.